The molecular weight excluding hydrogens is 262 g/mol. The summed E-state index contributed by atoms with van der Waals surface area (Å²) < 4.78 is 0. The zero-order valence-electron chi connectivity index (χ0n) is 11.7. The molecule has 0 heterocycles. The highest BCUT2D eigenvalue weighted by molar-refractivity contribution is 5.86. The summed E-state index contributed by atoms with van der Waals surface area (Å²) in [6.45, 7) is 2.56. The molecule has 0 spiro atoms. The fraction of sp³-hybridized carbons (Fsp3) is 0.400. The van der Waals surface area contributed by atoms with E-state index in [1.807, 2.05) is 44.4 Å². The summed E-state index contributed by atoms with van der Waals surface area (Å²) in [5.74, 6) is -0.820. The normalized spacial score (nSPS) is 11.8. The van der Waals surface area contributed by atoms with Gasteiger partial charge in [0.1, 0.15) is 0 Å². The highest BCUT2D eigenvalue weighted by Crippen LogP contribution is 2.16. The number of nitrogens with zero attached hydrogens (tertiary/aromatic N) is 1. The van der Waals surface area contributed by atoms with Crippen molar-refractivity contribution in [1.82, 2.24) is 4.90 Å². The van der Waals surface area contributed by atoms with E-state index in [9.17, 15) is 4.79 Å². The van der Waals surface area contributed by atoms with Crippen molar-refractivity contribution in [2.24, 2.45) is 0 Å². The summed E-state index contributed by atoms with van der Waals surface area (Å²) in [6, 6.07) is 10.00. The third-order valence-corrected chi connectivity index (χ3v) is 2.97. The second kappa shape index (κ2) is 8.73. The van der Waals surface area contributed by atoms with Crippen molar-refractivity contribution in [3.8, 4) is 0 Å². The van der Waals surface area contributed by atoms with Crippen molar-refractivity contribution in [3.63, 3.8) is 0 Å². The Kier molecular flexibility index (Phi) is 8.12. The van der Waals surface area contributed by atoms with Gasteiger partial charge in [0, 0.05) is 12.1 Å². The van der Waals surface area contributed by atoms with Gasteiger partial charge in [-0.25, -0.2) is 4.79 Å². The molecule has 0 bridgehead atoms. The first-order valence-electron chi connectivity index (χ1n) is 6.11. The maximum atomic E-state index is 11.1. The number of benzene rings is 1. The Morgan fingerprint density at radius 1 is 1.21 bits per heavy atom. The van der Waals surface area contributed by atoms with Crippen molar-refractivity contribution in [3.05, 3.63) is 47.0 Å². The van der Waals surface area contributed by atoms with Crippen LogP contribution < -0.4 is 0 Å². The fourth-order valence-electron chi connectivity index (χ4n) is 1.76. The van der Waals surface area contributed by atoms with E-state index < -0.39 is 5.97 Å². The van der Waals surface area contributed by atoms with Crippen molar-refractivity contribution < 1.29 is 9.90 Å². The van der Waals surface area contributed by atoms with E-state index in [0.717, 1.165) is 24.1 Å². The number of carbonyl (C=O) groups is 1. The molecule has 0 radical (unpaired) electrons. The Morgan fingerprint density at radius 2 is 1.79 bits per heavy atom. The first kappa shape index (κ1) is 17.7. The van der Waals surface area contributed by atoms with Crippen LogP contribution in [0.2, 0.25) is 0 Å². The number of halogens is 1. The summed E-state index contributed by atoms with van der Waals surface area (Å²) in [6.07, 6.45) is 1.51. The molecule has 1 aromatic rings. The van der Waals surface area contributed by atoms with E-state index in [2.05, 4.69) is 4.90 Å². The first-order valence-corrected chi connectivity index (χ1v) is 6.11. The highest BCUT2D eigenvalue weighted by atomic mass is 35.5. The lowest BCUT2D eigenvalue weighted by atomic mass is 9.98. The molecule has 0 aromatic heterocycles. The summed E-state index contributed by atoms with van der Waals surface area (Å²) >= 11 is 0. The lowest BCUT2D eigenvalue weighted by Gasteiger charge is -2.14. The van der Waals surface area contributed by atoms with Gasteiger partial charge in [-0.05, 0) is 39.4 Å². The lowest BCUT2D eigenvalue weighted by Crippen LogP contribution is -2.15. The topological polar surface area (TPSA) is 40.5 Å². The molecule has 1 N–H and O–H groups in total. The molecule has 19 heavy (non-hydrogen) atoms. The number of rotatable bonds is 6. The molecule has 0 amide bonds. The molecule has 0 fully saturated rings. The summed E-state index contributed by atoms with van der Waals surface area (Å²) in [7, 11) is 3.99. The second-order valence-corrected chi connectivity index (χ2v) is 4.75. The molecule has 0 saturated carbocycles. The average Bonchev–Trinajstić information content (AvgIpc) is 2.34. The molecule has 0 unspecified atom stereocenters. The van der Waals surface area contributed by atoms with Gasteiger partial charge in [0.25, 0.3) is 0 Å². The molecule has 0 aliphatic heterocycles. The van der Waals surface area contributed by atoms with Crippen molar-refractivity contribution in [2.75, 3.05) is 20.6 Å². The van der Waals surface area contributed by atoms with Crippen molar-refractivity contribution in [2.45, 2.75) is 19.8 Å². The predicted molar refractivity (Wildman–Crippen MR) is 80.9 cm³/mol. The van der Waals surface area contributed by atoms with Gasteiger partial charge in [0.15, 0.2) is 0 Å². The Hall–Kier alpha value is -1.32. The van der Waals surface area contributed by atoms with Gasteiger partial charge in [-0.3, -0.25) is 0 Å². The quantitative estimate of drug-likeness (QED) is 0.816. The van der Waals surface area contributed by atoms with Crippen LogP contribution >= 0.6 is 12.4 Å². The van der Waals surface area contributed by atoms with Gasteiger partial charge in [0.2, 0.25) is 0 Å². The molecular formula is C15H22ClNO2. The lowest BCUT2D eigenvalue weighted by molar-refractivity contribution is -0.132. The zero-order chi connectivity index (χ0) is 13.5. The minimum Gasteiger partial charge on any atom is -0.478 e. The number of carboxylic acids is 1. The van der Waals surface area contributed by atoms with Crippen LogP contribution in [0.5, 0.6) is 0 Å². The molecule has 4 heteroatoms. The van der Waals surface area contributed by atoms with Gasteiger partial charge >= 0.3 is 5.97 Å². The van der Waals surface area contributed by atoms with Gasteiger partial charge in [-0.2, -0.15) is 0 Å². The van der Waals surface area contributed by atoms with Gasteiger partial charge < -0.3 is 10.0 Å². The number of carboxylic acid groups (broad SMARTS) is 1. The highest BCUT2D eigenvalue weighted by Gasteiger charge is 2.10. The monoisotopic (exact) mass is 283 g/mol. The third-order valence-electron chi connectivity index (χ3n) is 2.97. The summed E-state index contributed by atoms with van der Waals surface area (Å²) in [4.78, 5) is 13.2. The number of hydrogen-bond acceptors (Lipinski definition) is 2. The minimum absolute atomic E-state index is 0. The van der Waals surface area contributed by atoms with Crippen LogP contribution in [0.25, 0.3) is 0 Å². The average molecular weight is 284 g/mol. The first-order chi connectivity index (χ1) is 8.50. The summed E-state index contributed by atoms with van der Waals surface area (Å²) in [5.41, 5.74) is 2.63. The molecule has 1 aromatic carbocycles. The molecule has 106 valence electrons. The molecule has 3 nitrogen and oxygen atoms in total. The molecule has 1 rings (SSSR count). The molecule has 0 saturated heterocycles. The Morgan fingerprint density at radius 3 is 2.26 bits per heavy atom. The van der Waals surface area contributed by atoms with Crippen LogP contribution in [-0.2, 0) is 11.2 Å². The van der Waals surface area contributed by atoms with Gasteiger partial charge in [-0.15, -0.1) is 12.4 Å². The SMILES string of the molecule is CC(C(=O)O)=C(CCN(C)C)Cc1ccccc1.Cl. The third kappa shape index (κ3) is 6.41. The maximum absolute atomic E-state index is 11.1. The van der Waals surface area contributed by atoms with Gasteiger partial charge in [0.05, 0.1) is 0 Å². The van der Waals surface area contributed by atoms with Crippen LogP contribution in [0.4, 0.5) is 0 Å². The summed E-state index contributed by atoms with van der Waals surface area (Å²) in [5, 5.41) is 9.12. The Labute approximate surface area is 121 Å². The Bertz CT molecular complexity index is 427. The van der Waals surface area contributed by atoms with E-state index >= 15 is 0 Å². The van der Waals surface area contributed by atoms with Crippen LogP contribution in [0, 0.1) is 0 Å². The predicted octanol–water partition coefficient (Wildman–Crippen LogP) is 3.00. The molecule has 0 aliphatic carbocycles. The van der Waals surface area contributed by atoms with E-state index in [4.69, 9.17) is 5.11 Å². The van der Waals surface area contributed by atoms with Crippen LogP contribution in [0.1, 0.15) is 18.9 Å². The molecule has 0 aliphatic rings. The van der Waals surface area contributed by atoms with Crippen molar-refractivity contribution in [1.29, 1.82) is 0 Å². The van der Waals surface area contributed by atoms with Crippen LogP contribution in [0.3, 0.4) is 0 Å². The van der Waals surface area contributed by atoms with E-state index in [0.29, 0.717) is 12.0 Å². The van der Waals surface area contributed by atoms with E-state index in [-0.39, 0.29) is 12.4 Å². The van der Waals surface area contributed by atoms with Gasteiger partial charge in [-0.1, -0.05) is 35.9 Å². The smallest absolute Gasteiger partial charge is 0.331 e. The fourth-order valence-corrected chi connectivity index (χ4v) is 1.76. The second-order valence-electron chi connectivity index (χ2n) is 4.75. The number of aliphatic carboxylic acids is 1. The Balaban J connectivity index is 0.00000324. The van der Waals surface area contributed by atoms with E-state index in [1.165, 1.54) is 0 Å². The van der Waals surface area contributed by atoms with E-state index in [1.54, 1.807) is 6.92 Å². The number of hydrogen-bond donors (Lipinski definition) is 1. The zero-order valence-corrected chi connectivity index (χ0v) is 12.5. The van der Waals surface area contributed by atoms with Crippen LogP contribution in [0.15, 0.2) is 41.5 Å². The van der Waals surface area contributed by atoms with Crippen molar-refractivity contribution >= 4 is 18.4 Å². The standard InChI is InChI=1S/C15H21NO2.ClH/c1-12(15(17)18)14(9-10-16(2)3)11-13-7-5-4-6-8-13;/h4-8H,9-11H2,1-3H3,(H,17,18);1H. The van der Waals surface area contributed by atoms with Crippen LogP contribution in [-0.4, -0.2) is 36.6 Å². The molecule has 0 atom stereocenters. The minimum atomic E-state index is -0.820. The largest absolute Gasteiger partial charge is 0.478 e. The maximum Gasteiger partial charge on any atom is 0.331 e.